The van der Waals surface area contributed by atoms with Gasteiger partial charge < -0.3 is 5.32 Å². The minimum atomic E-state index is 0.507. The summed E-state index contributed by atoms with van der Waals surface area (Å²) in [6.07, 6.45) is 6.34. The minimum Gasteiger partial charge on any atom is -0.311 e. The first-order valence-electron chi connectivity index (χ1n) is 7.01. The highest BCUT2D eigenvalue weighted by molar-refractivity contribution is 7.99. The molecule has 2 heterocycles. The van der Waals surface area contributed by atoms with E-state index in [2.05, 4.69) is 42.2 Å². The highest BCUT2D eigenvalue weighted by atomic mass is 32.2. The predicted molar refractivity (Wildman–Crippen MR) is 79.1 cm³/mol. The van der Waals surface area contributed by atoms with Gasteiger partial charge in [0.15, 0.2) is 0 Å². The van der Waals surface area contributed by atoms with Gasteiger partial charge in [0.1, 0.15) is 0 Å². The smallest absolute Gasteiger partial charge is 0.0694 e. The number of aryl methyl sites for hydroxylation is 1. The van der Waals surface area contributed by atoms with Crippen molar-refractivity contribution in [2.45, 2.75) is 50.8 Å². The zero-order valence-corrected chi connectivity index (χ0v) is 12.6. The van der Waals surface area contributed by atoms with Gasteiger partial charge in [0.05, 0.1) is 5.69 Å². The molecule has 1 aromatic rings. The third-order valence-electron chi connectivity index (χ3n) is 3.45. The van der Waals surface area contributed by atoms with Gasteiger partial charge in [-0.1, -0.05) is 20.3 Å². The summed E-state index contributed by atoms with van der Waals surface area (Å²) in [4.78, 5) is 0. The Morgan fingerprint density at radius 3 is 3.00 bits per heavy atom. The van der Waals surface area contributed by atoms with E-state index >= 15 is 0 Å². The molecule has 3 nitrogen and oxygen atoms in total. The van der Waals surface area contributed by atoms with E-state index in [1.54, 1.807) is 0 Å². The number of hydrogen-bond acceptors (Lipinski definition) is 3. The Labute approximate surface area is 115 Å². The molecule has 1 aliphatic rings. The van der Waals surface area contributed by atoms with E-state index in [0.717, 1.165) is 18.3 Å². The van der Waals surface area contributed by atoms with Crippen LogP contribution in [0.2, 0.25) is 0 Å². The van der Waals surface area contributed by atoms with E-state index in [9.17, 15) is 0 Å². The molecule has 2 rings (SSSR count). The molecule has 1 unspecified atom stereocenters. The van der Waals surface area contributed by atoms with Gasteiger partial charge in [-0.05, 0) is 24.5 Å². The van der Waals surface area contributed by atoms with Crippen molar-refractivity contribution in [2.24, 2.45) is 7.05 Å². The van der Waals surface area contributed by atoms with E-state index in [1.807, 2.05) is 11.7 Å². The summed E-state index contributed by atoms with van der Waals surface area (Å²) in [6.45, 7) is 6.52. The SMILES string of the molecule is CC(C)c1nn(C)cc1CNCC1CCCCS1. The van der Waals surface area contributed by atoms with E-state index in [0.29, 0.717) is 5.92 Å². The fourth-order valence-electron chi connectivity index (χ4n) is 2.51. The maximum absolute atomic E-state index is 4.55. The second kappa shape index (κ2) is 6.62. The van der Waals surface area contributed by atoms with Crippen LogP contribution in [0, 0.1) is 0 Å². The number of aromatic nitrogens is 2. The highest BCUT2D eigenvalue weighted by Gasteiger charge is 2.15. The lowest BCUT2D eigenvalue weighted by Crippen LogP contribution is -2.26. The van der Waals surface area contributed by atoms with Crippen LogP contribution in [-0.2, 0) is 13.6 Å². The molecule has 4 heteroatoms. The molecule has 1 fully saturated rings. The molecule has 0 amide bonds. The molecule has 1 aromatic heterocycles. The van der Waals surface area contributed by atoms with Crippen LogP contribution in [0.1, 0.15) is 50.3 Å². The first-order valence-corrected chi connectivity index (χ1v) is 8.06. The summed E-state index contributed by atoms with van der Waals surface area (Å²) in [7, 11) is 2.01. The van der Waals surface area contributed by atoms with Crippen LogP contribution in [0.3, 0.4) is 0 Å². The average Bonchev–Trinajstić information content (AvgIpc) is 2.72. The topological polar surface area (TPSA) is 29.9 Å². The molecule has 1 saturated heterocycles. The summed E-state index contributed by atoms with van der Waals surface area (Å²) in [6, 6.07) is 0. The molecule has 1 aliphatic heterocycles. The largest absolute Gasteiger partial charge is 0.311 e. The van der Waals surface area contributed by atoms with Crippen molar-refractivity contribution in [3.8, 4) is 0 Å². The second-order valence-corrected chi connectivity index (χ2v) is 6.90. The van der Waals surface area contributed by atoms with Crippen LogP contribution in [-0.4, -0.2) is 27.3 Å². The maximum Gasteiger partial charge on any atom is 0.0694 e. The molecule has 0 spiro atoms. The molecule has 0 saturated carbocycles. The normalized spacial score (nSPS) is 20.6. The van der Waals surface area contributed by atoms with Crippen LogP contribution >= 0.6 is 11.8 Å². The number of rotatable bonds is 5. The first kappa shape index (κ1) is 13.9. The molecule has 102 valence electrons. The van der Waals surface area contributed by atoms with Gasteiger partial charge in [-0.25, -0.2) is 0 Å². The molecule has 0 aromatic carbocycles. The Hall–Kier alpha value is -0.480. The molecule has 0 bridgehead atoms. The van der Waals surface area contributed by atoms with Crippen LogP contribution < -0.4 is 5.32 Å². The molecule has 0 radical (unpaired) electrons. The molecule has 18 heavy (non-hydrogen) atoms. The molecular weight excluding hydrogens is 242 g/mol. The van der Waals surface area contributed by atoms with E-state index in [1.165, 1.54) is 36.3 Å². The van der Waals surface area contributed by atoms with Crippen LogP contribution in [0.15, 0.2) is 6.20 Å². The van der Waals surface area contributed by atoms with Crippen molar-refractivity contribution in [1.29, 1.82) is 0 Å². The summed E-state index contributed by atoms with van der Waals surface area (Å²) in [5.41, 5.74) is 2.59. The van der Waals surface area contributed by atoms with Crippen LogP contribution in [0.25, 0.3) is 0 Å². The van der Waals surface area contributed by atoms with Crippen LogP contribution in [0.5, 0.6) is 0 Å². The van der Waals surface area contributed by atoms with Crippen molar-refractivity contribution >= 4 is 11.8 Å². The first-order chi connectivity index (χ1) is 8.66. The van der Waals surface area contributed by atoms with Gasteiger partial charge in [0, 0.05) is 37.1 Å². The molecular formula is C14H25N3S. The Morgan fingerprint density at radius 1 is 1.50 bits per heavy atom. The zero-order chi connectivity index (χ0) is 13.0. The fourth-order valence-corrected chi connectivity index (χ4v) is 3.79. The summed E-state index contributed by atoms with van der Waals surface area (Å²) < 4.78 is 1.93. The van der Waals surface area contributed by atoms with Crippen molar-refractivity contribution in [1.82, 2.24) is 15.1 Å². The van der Waals surface area contributed by atoms with E-state index in [4.69, 9.17) is 0 Å². The van der Waals surface area contributed by atoms with Gasteiger partial charge in [-0.2, -0.15) is 16.9 Å². The lowest BCUT2D eigenvalue weighted by Gasteiger charge is -2.21. The number of nitrogens with one attached hydrogen (secondary N) is 1. The van der Waals surface area contributed by atoms with Crippen molar-refractivity contribution < 1.29 is 0 Å². The quantitative estimate of drug-likeness (QED) is 0.889. The Kier molecular flexibility index (Phi) is 5.13. The fraction of sp³-hybridized carbons (Fsp3) is 0.786. The summed E-state index contributed by atoms with van der Waals surface area (Å²) in [5, 5.41) is 8.97. The highest BCUT2D eigenvalue weighted by Crippen LogP contribution is 2.24. The predicted octanol–water partition coefficient (Wildman–Crippen LogP) is 2.92. The standard InChI is InChI=1S/C14H25N3S/c1-11(2)14-12(10-17(3)16-14)8-15-9-13-6-4-5-7-18-13/h10-11,13,15H,4-9H2,1-3H3. The zero-order valence-electron chi connectivity index (χ0n) is 11.8. The lowest BCUT2D eigenvalue weighted by molar-refractivity contribution is 0.595. The van der Waals surface area contributed by atoms with Gasteiger partial charge in [0.25, 0.3) is 0 Å². The summed E-state index contributed by atoms with van der Waals surface area (Å²) in [5.74, 6) is 1.85. The number of hydrogen-bond donors (Lipinski definition) is 1. The second-order valence-electron chi connectivity index (χ2n) is 5.49. The minimum absolute atomic E-state index is 0.507. The van der Waals surface area contributed by atoms with Gasteiger partial charge in [-0.15, -0.1) is 0 Å². The van der Waals surface area contributed by atoms with Crippen LogP contribution in [0.4, 0.5) is 0 Å². The molecule has 1 N–H and O–H groups in total. The van der Waals surface area contributed by atoms with Gasteiger partial charge >= 0.3 is 0 Å². The molecule has 1 atom stereocenters. The monoisotopic (exact) mass is 267 g/mol. The van der Waals surface area contributed by atoms with Crippen molar-refractivity contribution in [2.75, 3.05) is 12.3 Å². The van der Waals surface area contributed by atoms with E-state index in [-0.39, 0.29) is 0 Å². The molecule has 0 aliphatic carbocycles. The summed E-state index contributed by atoms with van der Waals surface area (Å²) >= 11 is 2.13. The number of nitrogens with zero attached hydrogens (tertiary/aromatic N) is 2. The van der Waals surface area contributed by atoms with Gasteiger partial charge in [0.2, 0.25) is 0 Å². The number of thioether (sulfide) groups is 1. The van der Waals surface area contributed by atoms with Gasteiger partial charge in [-0.3, -0.25) is 4.68 Å². The maximum atomic E-state index is 4.55. The van der Waals surface area contributed by atoms with E-state index < -0.39 is 0 Å². The average molecular weight is 267 g/mol. The Bertz CT molecular complexity index is 367. The third kappa shape index (κ3) is 3.75. The lowest BCUT2D eigenvalue weighted by atomic mass is 10.1. The third-order valence-corrected chi connectivity index (χ3v) is 4.84. The van der Waals surface area contributed by atoms with Crippen molar-refractivity contribution in [3.63, 3.8) is 0 Å². The van der Waals surface area contributed by atoms with Crippen molar-refractivity contribution in [3.05, 3.63) is 17.5 Å². The Balaban J connectivity index is 1.82. The Morgan fingerprint density at radius 2 is 2.33 bits per heavy atom.